The van der Waals surface area contributed by atoms with Gasteiger partial charge in [0.15, 0.2) is 0 Å². The summed E-state index contributed by atoms with van der Waals surface area (Å²) in [5.41, 5.74) is 1.63. The van der Waals surface area contributed by atoms with Gasteiger partial charge in [-0.05, 0) is 12.5 Å². The van der Waals surface area contributed by atoms with Crippen molar-refractivity contribution in [1.82, 2.24) is 0 Å². The Morgan fingerprint density at radius 2 is 1.86 bits per heavy atom. The van der Waals surface area contributed by atoms with Crippen LogP contribution < -0.4 is 4.90 Å². The number of carbonyl (C=O) groups is 1. The maximum absolute atomic E-state index is 12.6. The molecule has 2 rings (SSSR count). The number of nitriles is 2. The largest absolute Gasteiger partial charge is 0.308 e. The Bertz CT molecular complexity index is 645. The van der Waals surface area contributed by atoms with Crippen molar-refractivity contribution in [3.63, 3.8) is 0 Å². The van der Waals surface area contributed by atoms with E-state index in [4.69, 9.17) is 10.5 Å². The zero-order valence-electron chi connectivity index (χ0n) is 12.1. The molecule has 0 aromatic heterocycles. The SMILES string of the molecule is CCCCCCN1C(=O)C(=C(C#N)C#N)c2ccccc21. The first-order chi connectivity index (χ1) is 10.2. The van der Waals surface area contributed by atoms with E-state index in [0.717, 1.165) is 31.4 Å². The number of hydrogen-bond donors (Lipinski definition) is 0. The van der Waals surface area contributed by atoms with Crippen LogP contribution in [0.15, 0.2) is 29.8 Å². The Hall–Kier alpha value is -2.59. The lowest BCUT2D eigenvalue weighted by molar-refractivity contribution is -0.113. The summed E-state index contributed by atoms with van der Waals surface area (Å²) < 4.78 is 0. The fraction of sp³-hybridized carbons (Fsp3) is 0.353. The molecule has 0 bridgehead atoms. The number of nitrogens with zero attached hydrogens (tertiary/aromatic N) is 3. The summed E-state index contributed by atoms with van der Waals surface area (Å²) in [6, 6.07) is 11.0. The van der Waals surface area contributed by atoms with E-state index in [9.17, 15) is 4.79 Å². The molecular formula is C17H17N3O. The Morgan fingerprint density at radius 3 is 2.52 bits per heavy atom. The lowest BCUT2D eigenvalue weighted by Gasteiger charge is -2.16. The molecule has 21 heavy (non-hydrogen) atoms. The molecule has 0 unspecified atom stereocenters. The molecular weight excluding hydrogens is 262 g/mol. The van der Waals surface area contributed by atoms with Crippen LogP contribution in [0.2, 0.25) is 0 Å². The zero-order valence-corrected chi connectivity index (χ0v) is 12.1. The monoisotopic (exact) mass is 279 g/mol. The van der Waals surface area contributed by atoms with Gasteiger partial charge in [-0.3, -0.25) is 4.79 Å². The van der Waals surface area contributed by atoms with Gasteiger partial charge in [-0.2, -0.15) is 10.5 Å². The van der Waals surface area contributed by atoms with Crippen LogP contribution in [-0.2, 0) is 4.79 Å². The molecule has 0 saturated carbocycles. The molecule has 0 radical (unpaired) electrons. The van der Waals surface area contributed by atoms with Gasteiger partial charge in [0, 0.05) is 12.1 Å². The van der Waals surface area contributed by atoms with E-state index in [1.165, 1.54) is 0 Å². The van der Waals surface area contributed by atoms with Crippen molar-refractivity contribution in [2.24, 2.45) is 0 Å². The van der Waals surface area contributed by atoms with Crippen LogP contribution in [0.3, 0.4) is 0 Å². The number of para-hydroxylation sites is 1. The van der Waals surface area contributed by atoms with Crippen LogP contribution in [0, 0.1) is 22.7 Å². The maximum atomic E-state index is 12.6. The predicted octanol–water partition coefficient (Wildman–Crippen LogP) is 3.41. The van der Waals surface area contributed by atoms with Crippen molar-refractivity contribution in [1.29, 1.82) is 10.5 Å². The first kappa shape index (κ1) is 14.8. The fourth-order valence-corrected chi connectivity index (χ4v) is 2.58. The summed E-state index contributed by atoms with van der Waals surface area (Å²) in [7, 11) is 0. The fourth-order valence-electron chi connectivity index (χ4n) is 2.58. The van der Waals surface area contributed by atoms with E-state index in [1.807, 2.05) is 30.3 Å². The topological polar surface area (TPSA) is 67.9 Å². The van der Waals surface area contributed by atoms with E-state index in [-0.39, 0.29) is 17.1 Å². The number of unbranched alkanes of at least 4 members (excludes halogenated alkanes) is 3. The van der Waals surface area contributed by atoms with Gasteiger partial charge in [-0.25, -0.2) is 0 Å². The van der Waals surface area contributed by atoms with Gasteiger partial charge in [-0.15, -0.1) is 0 Å². The molecule has 4 heteroatoms. The minimum atomic E-state index is -0.231. The minimum Gasteiger partial charge on any atom is -0.308 e. The van der Waals surface area contributed by atoms with Crippen molar-refractivity contribution < 1.29 is 4.79 Å². The van der Waals surface area contributed by atoms with Crippen molar-refractivity contribution in [3.8, 4) is 12.1 Å². The molecule has 1 aromatic carbocycles. The molecule has 4 nitrogen and oxygen atoms in total. The molecule has 1 heterocycles. The Balaban J connectivity index is 2.35. The first-order valence-corrected chi connectivity index (χ1v) is 7.20. The smallest absolute Gasteiger partial charge is 0.261 e. The number of fused-ring (bicyclic) bond motifs is 1. The van der Waals surface area contributed by atoms with Crippen LogP contribution in [0.1, 0.15) is 38.2 Å². The molecule has 1 amide bonds. The molecule has 0 spiro atoms. The van der Waals surface area contributed by atoms with Gasteiger partial charge in [0.25, 0.3) is 5.91 Å². The highest BCUT2D eigenvalue weighted by Crippen LogP contribution is 2.38. The lowest BCUT2D eigenvalue weighted by Crippen LogP contribution is -2.27. The molecule has 0 N–H and O–H groups in total. The molecule has 1 aliphatic heterocycles. The van der Waals surface area contributed by atoms with Gasteiger partial charge in [0.2, 0.25) is 0 Å². The second-order valence-corrected chi connectivity index (χ2v) is 5.01. The Morgan fingerprint density at radius 1 is 1.14 bits per heavy atom. The number of anilines is 1. The van der Waals surface area contributed by atoms with Gasteiger partial charge in [0.1, 0.15) is 17.7 Å². The van der Waals surface area contributed by atoms with Crippen LogP contribution in [0.5, 0.6) is 0 Å². The number of rotatable bonds is 5. The average Bonchev–Trinajstić information content (AvgIpc) is 2.79. The van der Waals surface area contributed by atoms with Gasteiger partial charge < -0.3 is 4.90 Å². The first-order valence-electron chi connectivity index (χ1n) is 7.20. The van der Waals surface area contributed by atoms with Crippen LogP contribution in [0.4, 0.5) is 5.69 Å². The summed E-state index contributed by atoms with van der Waals surface area (Å²) in [5, 5.41) is 18.1. The van der Waals surface area contributed by atoms with E-state index in [2.05, 4.69) is 6.92 Å². The second-order valence-electron chi connectivity index (χ2n) is 5.01. The molecule has 0 fully saturated rings. The standard InChI is InChI=1S/C17H17N3O/c1-2-3-4-7-10-20-15-9-6-5-8-14(15)16(17(20)21)13(11-18)12-19/h5-6,8-9H,2-4,7,10H2,1H3. The number of benzene rings is 1. The maximum Gasteiger partial charge on any atom is 0.261 e. The highest BCUT2D eigenvalue weighted by atomic mass is 16.2. The van der Waals surface area contributed by atoms with Gasteiger partial charge in [-0.1, -0.05) is 44.4 Å². The van der Waals surface area contributed by atoms with Gasteiger partial charge >= 0.3 is 0 Å². The van der Waals surface area contributed by atoms with E-state index in [0.29, 0.717) is 12.1 Å². The number of carbonyl (C=O) groups excluding carboxylic acids is 1. The molecule has 0 aliphatic carbocycles. The summed E-state index contributed by atoms with van der Waals surface area (Å²) in [6.45, 7) is 2.77. The summed E-state index contributed by atoms with van der Waals surface area (Å²) in [6.07, 6.45) is 4.29. The minimum absolute atomic E-state index is 0.108. The quantitative estimate of drug-likeness (QED) is 0.471. The summed E-state index contributed by atoms with van der Waals surface area (Å²) >= 11 is 0. The van der Waals surface area contributed by atoms with Crippen molar-refractivity contribution in [2.45, 2.75) is 32.6 Å². The Labute approximate surface area is 124 Å². The van der Waals surface area contributed by atoms with Crippen molar-refractivity contribution in [2.75, 3.05) is 11.4 Å². The number of amides is 1. The third-order valence-corrected chi connectivity index (χ3v) is 3.63. The lowest BCUT2D eigenvalue weighted by atomic mass is 10.0. The second kappa shape index (κ2) is 6.72. The molecule has 106 valence electrons. The third-order valence-electron chi connectivity index (χ3n) is 3.63. The highest BCUT2D eigenvalue weighted by Gasteiger charge is 2.34. The van der Waals surface area contributed by atoms with Crippen molar-refractivity contribution in [3.05, 3.63) is 35.4 Å². The zero-order chi connectivity index (χ0) is 15.2. The number of hydrogen-bond acceptors (Lipinski definition) is 3. The summed E-state index contributed by atoms with van der Waals surface area (Å²) in [5.74, 6) is -0.231. The predicted molar refractivity (Wildman–Crippen MR) is 81.1 cm³/mol. The Kier molecular flexibility index (Phi) is 4.74. The average molecular weight is 279 g/mol. The van der Waals surface area contributed by atoms with Crippen molar-refractivity contribution >= 4 is 17.2 Å². The molecule has 0 saturated heterocycles. The normalized spacial score (nSPS) is 12.8. The van der Waals surface area contributed by atoms with E-state index < -0.39 is 0 Å². The summed E-state index contributed by atoms with van der Waals surface area (Å²) in [4.78, 5) is 14.2. The van der Waals surface area contributed by atoms with Crippen LogP contribution >= 0.6 is 0 Å². The molecule has 1 aromatic rings. The molecule has 1 aliphatic rings. The highest BCUT2D eigenvalue weighted by molar-refractivity contribution is 6.34. The third kappa shape index (κ3) is 2.80. The van der Waals surface area contributed by atoms with Crippen LogP contribution in [-0.4, -0.2) is 12.5 Å². The van der Waals surface area contributed by atoms with Gasteiger partial charge in [0.05, 0.1) is 11.3 Å². The van der Waals surface area contributed by atoms with E-state index in [1.54, 1.807) is 11.0 Å². The molecule has 0 atom stereocenters. The van der Waals surface area contributed by atoms with Crippen LogP contribution in [0.25, 0.3) is 5.57 Å². The van der Waals surface area contributed by atoms with E-state index >= 15 is 0 Å². The number of allylic oxidation sites excluding steroid dienone is 1.